The van der Waals surface area contributed by atoms with Gasteiger partial charge in [0, 0.05) is 16.8 Å². The fourth-order valence-electron chi connectivity index (χ4n) is 2.43. The standard InChI is InChI=1S/C15H22BrNO2/c1-10-11(8-17)6-7-12(13(10)16)19-15(4,5)9-14(2,3)18/h6-7,10-11,18H,9H2,1-5H3. The van der Waals surface area contributed by atoms with Gasteiger partial charge in [-0.1, -0.05) is 28.9 Å². The van der Waals surface area contributed by atoms with Crippen molar-refractivity contribution >= 4 is 15.9 Å². The van der Waals surface area contributed by atoms with Crippen LogP contribution in [0.2, 0.25) is 0 Å². The molecule has 2 unspecified atom stereocenters. The molecule has 0 aromatic carbocycles. The van der Waals surface area contributed by atoms with Crippen LogP contribution in [0.4, 0.5) is 0 Å². The zero-order valence-corrected chi connectivity index (χ0v) is 13.8. The molecule has 4 heteroatoms. The molecule has 106 valence electrons. The Morgan fingerprint density at radius 1 is 1.42 bits per heavy atom. The Balaban J connectivity index is 2.86. The predicted octanol–water partition coefficient (Wildman–Crippen LogP) is 3.89. The third kappa shape index (κ3) is 4.67. The molecular weight excluding hydrogens is 306 g/mol. The molecule has 0 aromatic heterocycles. The Labute approximate surface area is 124 Å². The first-order valence-electron chi connectivity index (χ1n) is 6.44. The van der Waals surface area contributed by atoms with Crippen LogP contribution in [0.5, 0.6) is 0 Å². The average Bonchev–Trinajstić information content (AvgIpc) is 2.21. The number of ether oxygens (including phenoxy) is 1. The van der Waals surface area contributed by atoms with Gasteiger partial charge in [0.05, 0.1) is 17.6 Å². The molecule has 1 rings (SSSR count). The van der Waals surface area contributed by atoms with Crippen molar-refractivity contribution in [3.63, 3.8) is 0 Å². The third-order valence-corrected chi connectivity index (χ3v) is 4.14. The van der Waals surface area contributed by atoms with E-state index in [4.69, 9.17) is 10.00 Å². The van der Waals surface area contributed by atoms with E-state index in [1.54, 1.807) is 13.8 Å². The van der Waals surface area contributed by atoms with E-state index in [0.717, 1.165) is 10.2 Å². The van der Waals surface area contributed by atoms with Crippen molar-refractivity contribution in [1.29, 1.82) is 5.26 Å². The van der Waals surface area contributed by atoms with Crippen LogP contribution in [0.15, 0.2) is 22.4 Å². The number of nitriles is 1. The summed E-state index contributed by atoms with van der Waals surface area (Å²) in [6, 6.07) is 2.26. The molecule has 0 bridgehead atoms. The van der Waals surface area contributed by atoms with E-state index in [2.05, 4.69) is 22.0 Å². The van der Waals surface area contributed by atoms with E-state index in [1.807, 2.05) is 32.9 Å². The van der Waals surface area contributed by atoms with Crippen LogP contribution in [0.25, 0.3) is 0 Å². The lowest BCUT2D eigenvalue weighted by atomic mass is 9.89. The molecule has 0 heterocycles. The van der Waals surface area contributed by atoms with Crippen molar-refractivity contribution in [3.05, 3.63) is 22.4 Å². The SMILES string of the molecule is CC1C(Br)=C(OC(C)(C)CC(C)(C)O)C=CC1C#N. The largest absolute Gasteiger partial charge is 0.487 e. The van der Waals surface area contributed by atoms with Gasteiger partial charge in [-0.05, 0) is 33.8 Å². The van der Waals surface area contributed by atoms with E-state index in [9.17, 15) is 5.11 Å². The summed E-state index contributed by atoms with van der Waals surface area (Å²) >= 11 is 3.52. The van der Waals surface area contributed by atoms with Gasteiger partial charge in [-0.3, -0.25) is 0 Å². The minimum atomic E-state index is -0.782. The first-order chi connectivity index (χ1) is 8.56. The molecule has 1 N–H and O–H groups in total. The Hall–Kier alpha value is -0.790. The number of allylic oxidation sites excluding steroid dienone is 3. The van der Waals surface area contributed by atoms with Crippen molar-refractivity contribution in [2.24, 2.45) is 11.8 Å². The highest BCUT2D eigenvalue weighted by molar-refractivity contribution is 9.11. The van der Waals surface area contributed by atoms with Crippen LogP contribution >= 0.6 is 15.9 Å². The Morgan fingerprint density at radius 3 is 2.47 bits per heavy atom. The topological polar surface area (TPSA) is 53.2 Å². The van der Waals surface area contributed by atoms with Crippen LogP contribution in [-0.4, -0.2) is 16.3 Å². The smallest absolute Gasteiger partial charge is 0.130 e. The highest BCUT2D eigenvalue weighted by Crippen LogP contribution is 2.37. The molecular formula is C15H22BrNO2. The molecule has 3 nitrogen and oxygen atoms in total. The number of hydrogen-bond acceptors (Lipinski definition) is 3. The molecule has 0 radical (unpaired) electrons. The van der Waals surface area contributed by atoms with Gasteiger partial charge in [-0.25, -0.2) is 0 Å². The fraction of sp³-hybridized carbons (Fsp3) is 0.667. The van der Waals surface area contributed by atoms with Gasteiger partial charge in [0.15, 0.2) is 0 Å². The molecule has 19 heavy (non-hydrogen) atoms. The average molecular weight is 328 g/mol. The van der Waals surface area contributed by atoms with Gasteiger partial charge >= 0.3 is 0 Å². The van der Waals surface area contributed by atoms with Crippen molar-refractivity contribution in [1.82, 2.24) is 0 Å². The minimum absolute atomic E-state index is 0.0861. The minimum Gasteiger partial charge on any atom is -0.487 e. The third-order valence-electron chi connectivity index (χ3n) is 3.02. The van der Waals surface area contributed by atoms with E-state index in [-0.39, 0.29) is 11.8 Å². The summed E-state index contributed by atoms with van der Waals surface area (Å²) in [4.78, 5) is 0. The number of rotatable bonds is 4. The first kappa shape index (κ1) is 16.3. The molecule has 1 aliphatic carbocycles. The molecule has 2 atom stereocenters. The van der Waals surface area contributed by atoms with Crippen molar-refractivity contribution in [3.8, 4) is 6.07 Å². The molecule has 0 saturated heterocycles. The molecule has 0 amide bonds. The van der Waals surface area contributed by atoms with Gasteiger partial charge in [0.1, 0.15) is 11.4 Å². The maximum absolute atomic E-state index is 9.91. The molecule has 0 aliphatic heterocycles. The van der Waals surface area contributed by atoms with Crippen molar-refractivity contribution < 1.29 is 9.84 Å². The van der Waals surface area contributed by atoms with Crippen LogP contribution in [0.3, 0.4) is 0 Å². The van der Waals surface area contributed by atoms with Crippen LogP contribution in [0.1, 0.15) is 41.0 Å². The molecule has 1 aliphatic rings. The summed E-state index contributed by atoms with van der Waals surface area (Å²) in [5.74, 6) is 0.704. The van der Waals surface area contributed by atoms with Gasteiger partial charge < -0.3 is 9.84 Å². The molecule has 0 aromatic rings. The highest BCUT2D eigenvalue weighted by atomic mass is 79.9. The summed E-state index contributed by atoms with van der Waals surface area (Å²) in [5.41, 5.74) is -1.26. The molecule has 0 fully saturated rings. The summed E-state index contributed by atoms with van der Waals surface area (Å²) < 4.78 is 6.91. The van der Waals surface area contributed by atoms with E-state index in [1.165, 1.54) is 0 Å². The monoisotopic (exact) mass is 327 g/mol. The van der Waals surface area contributed by atoms with Crippen LogP contribution < -0.4 is 0 Å². The van der Waals surface area contributed by atoms with E-state index >= 15 is 0 Å². The van der Waals surface area contributed by atoms with Crippen LogP contribution in [0, 0.1) is 23.2 Å². The van der Waals surface area contributed by atoms with E-state index in [0.29, 0.717) is 6.42 Å². The van der Waals surface area contributed by atoms with Crippen molar-refractivity contribution in [2.75, 3.05) is 0 Å². The number of hydrogen-bond donors (Lipinski definition) is 1. The lowest BCUT2D eigenvalue weighted by Gasteiger charge is -2.34. The van der Waals surface area contributed by atoms with E-state index < -0.39 is 11.2 Å². The first-order valence-corrected chi connectivity index (χ1v) is 7.24. The second kappa shape index (κ2) is 5.68. The van der Waals surface area contributed by atoms with Gasteiger partial charge in [-0.15, -0.1) is 0 Å². The van der Waals surface area contributed by atoms with Gasteiger partial charge in [-0.2, -0.15) is 5.26 Å². The number of halogens is 1. The lowest BCUT2D eigenvalue weighted by molar-refractivity contribution is -0.0409. The van der Waals surface area contributed by atoms with Crippen molar-refractivity contribution in [2.45, 2.75) is 52.2 Å². The quantitative estimate of drug-likeness (QED) is 0.852. The maximum atomic E-state index is 9.91. The summed E-state index contributed by atoms with van der Waals surface area (Å²) in [5, 5.41) is 18.9. The Morgan fingerprint density at radius 2 is 2.00 bits per heavy atom. The number of aliphatic hydroxyl groups is 1. The molecule has 0 spiro atoms. The van der Waals surface area contributed by atoms with Crippen LogP contribution in [-0.2, 0) is 4.74 Å². The fourth-order valence-corrected chi connectivity index (χ4v) is 2.93. The Bertz CT molecular complexity index is 438. The summed E-state index contributed by atoms with van der Waals surface area (Å²) in [6.45, 7) is 9.44. The zero-order valence-electron chi connectivity index (χ0n) is 12.2. The normalized spacial score (nSPS) is 24.3. The predicted molar refractivity (Wildman–Crippen MR) is 79.4 cm³/mol. The van der Waals surface area contributed by atoms with Gasteiger partial charge in [0.25, 0.3) is 0 Å². The zero-order chi connectivity index (χ0) is 14.8. The number of nitrogens with zero attached hydrogens (tertiary/aromatic N) is 1. The highest BCUT2D eigenvalue weighted by Gasteiger charge is 2.31. The lowest BCUT2D eigenvalue weighted by Crippen LogP contribution is -2.35. The summed E-state index contributed by atoms with van der Waals surface area (Å²) in [7, 11) is 0. The second-order valence-corrected chi connectivity index (χ2v) is 7.22. The summed E-state index contributed by atoms with van der Waals surface area (Å²) in [6.07, 6.45) is 4.22. The van der Waals surface area contributed by atoms with Gasteiger partial charge in [0.2, 0.25) is 0 Å². The second-order valence-electron chi connectivity index (χ2n) is 6.37. The Kier molecular flexibility index (Phi) is 4.86. The molecule has 0 saturated carbocycles. The maximum Gasteiger partial charge on any atom is 0.130 e.